The Bertz CT molecular complexity index is 76.6. The second-order valence-corrected chi connectivity index (χ2v) is 4.99. The van der Waals surface area contributed by atoms with Crippen LogP contribution in [0.15, 0.2) is 0 Å². The molecule has 1 heterocycles. The van der Waals surface area contributed by atoms with E-state index in [2.05, 4.69) is 0 Å². The van der Waals surface area contributed by atoms with E-state index in [0.717, 1.165) is 32.5 Å². The molecule has 46 valence electrons. The van der Waals surface area contributed by atoms with Gasteiger partial charge in [-0.2, -0.15) is 0 Å². The van der Waals surface area contributed by atoms with Crippen molar-refractivity contribution in [3.05, 3.63) is 0 Å². The summed E-state index contributed by atoms with van der Waals surface area (Å²) in [6.07, 6.45) is 4.59. The zero-order chi connectivity index (χ0) is 5.82. The van der Waals surface area contributed by atoms with Crippen LogP contribution in [0.25, 0.3) is 0 Å². The fourth-order valence-corrected chi connectivity index (χ4v) is 3.49. The molecule has 0 aromatic carbocycles. The molecule has 1 atom stereocenters. The van der Waals surface area contributed by atoms with Crippen molar-refractivity contribution in [1.82, 2.24) is 0 Å². The molecule has 0 radical (unpaired) electrons. The molecule has 1 nitrogen and oxygen atoms in total. The van der Waals surface area contributed by atoms with Crippen molar-refractivity contribution in [1.29, 1.82) is 0 Å². The zero-order valence-electron chi connectivity index (χ0n) is 4.80. The average Bonchev–Trinajstić information content (AvgIpc) is 2.19. The summed E-state index contributed by atoms with van der Waals surface area (Å²) in [7, 11) is 0. The molecular formula is C6H10OSe. The first kappa shape index (κ1) is 6.31. The Hall–Kier alpha value is 0.189. The number of hydrogen-bond donors (Lipinski definition) is 0. The van der Waals surface area contributed by atoms with E-state index in [4.69, 9.17) is 0 Å². The minimum atomic E-state index is 0.806. The average molecular weight is 177 g/mol. The van der Waals surface area contributed by atoms with Crippen molar-refractivity contribution >= 4 is 21.2 Å². The van der Waals surface area contributed by atoms with Crippen LogP contribution < -0.4 is 0 Å². The van der Waals surface area contributed by atoms with Gasteiger partial charge in [0, 0.05) is 0 Å². The number of carbonyl (C=O) groups is 1. The molecule has 0 amide bonds. The summed E-state index contributed by atoms with van der Waals surface area (Å²) < 4.78 is 0. The molecule has 0 aromatic heterocycles. The van der Waals surface area contributed by atoms with Crippen molar-refractivity contribution in [2.75, 3.05) is 0 Å². The number of aldehydes is 1. The van der Waals surface area contributed by atoms with E-state index in [9.17, 15) is 4.79 Å². The molecule has 8 heavy (non-hydrogen) atoms. The molecule has 0 aromatic rings. The monoisotopic (exact) mass is 178 g/mol. The third kappa shape index (κ3) is 1.61. The number of carbonyl (C=O) groups excluding carboxylic acids is 1. The second kappa shape index (κ2) is 3.26. The van der Waals surface area contributed by atoms with Crippen molar-refractivity contribution in [2.24, 2.45) is 0 Å². The molecule has 0 aliphatic carbocycles. The predicted molar refractivity (Wildman–Crippen MR) is 34.2 cm³/mol. The molecule has 1 aliphatic heterocycles. The SMILES string of the molecule is O=CCC1CCC[Se]1. The van der Waals surface area contributed by atoms with E-state index in [1.807, 2.05) is 0 Å². The molecule has 1 aliphatic rings. The second-order valence-electron chi connectivity index (χ2n) is 2.04. The Morgan fingerprint density at radius 3 is 3.12 bits per heavy atom. The number of hydrogen-bond acceptors (Lipinski definition) is 1. The molecule has 0 saturated carbocycles. The van der Waals surface area contributed by atoms with E-state index >= 15 is 0 Å². The van der Waals surface area contributed by atoms with Crippen molar-refractivity contribution in [2.45, 2.75) is 29.4 Å². The summed E-state index contributed by atoms with van der Waals surface area (Å²) >= 11 is 0.806. The topological polar surface area (TPSA) is 17.1 Å². The summed E-state index contributed by atoms with van der Waals surface area (Å²) in [4.78, 5) is 10.8. The molecule has 2 heteroatoms. The fourth-order valence-electron chi connectivity index (χ4n) is 0.938. The van der Waals surface area contributed by atoms with Gasteiger partial charge in [-0.15, -0.1) is 0 Å². The summed E-state index contributed by atoms with van der Waals surface area (Å²) in [6.45, 7) is 0. The van der Waals surface area contributed by atoms with Gasteiger partial charge in [0.15, 0.2) is 0 Å². The Kier molecular flexibility index (Phi) is 2.57. The van der Waals surface area contributed by atoms with Crippen LogP contribution in [0.1, 0.15) is 19.3 Å². The Morgan fingerprint density at radius 1 is 1.75 bits per heavy atom. The van der Waals surface area contributed by atoms with E-state index in [1.54, 1.807) is 0 Å². The third-order valence-corrected chi connectivity index (χ3v) is 4.37. The van der Waals surface area contributed by atoms with Gasteiger partial charge in [-0.1, -0.05) is 0 Å². The molecule has 0 bridgehead atoms. The van der Waals surface area contributed by atoms with Crippen LogP contribution in [0.4, 0.5) is 0 Å². The Morgan fingerprint density at radius 2 is 2.62 bits per heavy atom. The van der Waals surface area contributed by atoms with Crippen LogP contribution >= 0.6 is 0 Å². The maximum atomic E-state index is 9.97. The standard InChI is InChI=1S/C6H10OSe/c7-4-3-6-2-1-5-8-6/h4,6H,1-3,5H2. The van der Waals surface area contributed by atoms with Gasteiger partial charge in [0.05, 0.1) is 0 Å². The van der Waals surface area contributed by atoms with Gasteiger partial charge in [0.25, 0.3) is 0 Å². The first-order valence-corrected chi connectivity index (χ1v) is 5.19. The van der Waals surface area contributed by atoms with Gasteiger partial charge in [-0.25, -0.2) is 0 Å². The molecular weight excluding hydrogens is 167 g/mol. The molecule has 1 saturated heterocycles. The first-order valence-electron chi connectivity index (χ1n) is 2.98. The van der Waals surface area contributed by atoms with Crippen molar-refractivity contribution < 1.29 is 4.79 Å². The molecule has 1 fully saturated rings. The predicted octanol–water partition coefficient (Wildman–Crippen LogP) is 1.28. The summed E-state index contributed by atoms with van der Waals surface area (Å²) in [6, 6.07) is 0. The van der Waals surface area contributed by atoms with Gasteiger partial charge in [-0.3, -0.25) is 0 Å². The third-order valence-electron chi connectivity index (χ3n) is 1.38. The van der Waals surface area contributed by atoms with Crippen LogP contribution in [-0.2, 0) is 4.79 Å². The molecule has 0 N–H and O–H groups in total. The Balaban J connectivity index is 2.14. The summed E-state index contributed by atoms with van der Waals surface area (Å²) in [5.41, 5.74) is 0. The first-order chi connectivity index (χ1) is 3.93. The quantitative estimate of drug-likeness (QED) is 0.458. The normalized spacial score (nSPS) is 28.2. The maximum absolute atomic E-state index is 9.97. The van der Waals surface area contributed by atoms with Gasteiger partial charge in [-0.05, 0) is 0 Å². The van der Waals surface area contributed by atoms with Crippen molar-refractivity contribution in [3.63, 3.8) is 0 Å². The molecule has 1 rings (SSSR count). The van der Waals surface area contributed by atoms with E-state index in [0.29, 0.717) is 0 Å². The van der Waals surface area contributed by atoms with Gasteiger partial charge >= 0.3 is 55.4 Å². The van der Waals surface area contributed by atoms with Crippen LogP contribution in [0.2, 0.25) is 10.1 Å². The van der Waals surface area contributed by atoms with E-state index in [1.165, 1.54) is 18.2 Å². The van der Waals surface area contributed by atoms with Crippen molar-refractivity contribution in [3.8, 4) is 0 Å². The number of rotatable bonds is 2. The van der Waals surface area contributed by atoms with Crippen LogP contribution in [0.3, 0.4) is 0 Å². The fraction of sp³-hybridized carbons (Fsp3) is 0.833. The zero-order valence-corrected chi connectivity index (χ0v) is 6.51. The van der Waals surface area contributed by atoms with Crippen LogP contribution in [-0.4, -0.2) is 21.2 Å². The minimum absolute atomic E-state index is 0.806. The van der Waals surface area contributed by atoms with Gasteiger partial charge in [0.2, 0.25) is 0 Å². The van der Waals surface area contributed by atoms with E-state index in [-0.39, 0.29) is 0 Å². The van der Waals surface area contributed by atoms with Gasteiger partial charge < -0.3 is 0 Å². The van der Waals surface area contributed by atoms with Crippen LogP contribution in [0, 0.1) is 0 Å². The summed E-state index contributed by atoms with van der Waals surface area (Å²) in [5.74, 6) is 0. The Labute approximate surface area is 56.0 Å². The van der Waals surface area contributed by atoms with Crippen LogP contribution in [0.5, 0.6) is 0 Å². The molecule has 0 spiro atoms. The summed E-state index contributed by atoms with van der Waals surface area (Å²) in [5, 5.41) is 1.41. The van der Waals surface area contributed by atoms with E-state index < -0.39 is 0 Å². The molecule has 1 unspecified atom stereocenters. The van der Waals surface area contributed by atoms with Gasteiger partial charge in [0.1, 0.15) is 0 Å².